The number of anilines is 1. The van der Waals surface area contributed by atoms with E-state index in [-0.39, 0.29) is 5.95 Å². The summed E-state index contributed by atoms with van der Waals surface area (Å²) >= 11 is 0. The second-order valence-electron chi connectivity index (χ2n) is 3.66. The van der Waals surface area contributed by atoms with Crippen molar-refractivity contribution in [3.63, 3.8) is 0 Å². The summed E-state index contributed by atoms with van der Waals surface area (Å²) in [6, 6.07) is 3.88. The molecule has 0 aromatic carbocycles. The monoisotopic (exact) mass is 226 g/mol. The van der Waals surface area contributed by atoms with Crippen molar-refractivity contribution in [2.45, 2.75) is 6.42 Å². The molecule has 0 bridgehead atoms. The number of hydrogen-bond acceptors (Lipinski definition) is 5. The summed E-state index contributed by atoms with van der Waals surface area (Å²) in [7, 11) is 0. The summed E-state index contributed by atoms with van der Waals surface area (Å²) in [5.41, 5.74) is 9.02. The lowest BCUT2D eigenvalue weighted by Crippen LogP contribution is -2.01. The Morgan fingerprint density at radius 1 is 1.18 bits per heavy atom. The zero-order chi connectivity index (χ0) is 11.7. The summed E-state index contributed by atoms with van der Waals surface area (Å²) in [5.74, 6) is 0.255. The first kappa shape index (κ1) is 9.71. The van der Waals surface area contributed by atoms with E-state index in [1.54, 1.807) is 18.7 Å². The van der Waals surface area contributed by atoms with Gasteiger partial charge in [0.2, 0.25) is 5.95 Å². The minimum atomic E-state index is 0.255. The average Bonchev–Trinajstić information content (AvgIpc) is 2.78. The molecule has 0 aliphatic heterocycles. The van der Waals surface area contributed by atoms with Gasteiger partial charge in [-0.3, -0.25) is 4.98 Å². The molecular weight excluding hydrogens is 216 g/mol. The first-order valence-electron chi connectivity index (χ1n) is 5.17. The number of nitrogens with one attached hydrogen (secondary N) is 1. The number of hydrogen-bond donors (Lipinski definition) is 2. The molecule has 6 nitrogen and oxygen atoms in total. The second-order valence-corrected chi connectivity index (χ2v) is 3.66. The normalized spacial score (nSPS) is 10.8. The van der Waals surface area contributed by atoms with Crippen LogP contribution in [-0.2, 0) is 6.42 Å². The number of nitrogens with zero attached hydrogens (tertiary/aromatic N) is 4. The lowest BCUT2D eigenvalue weighted by Gasteiger charge is -2.02. The molecule has 17 heavy (non-hydrogen) atoms. The van der Waals surface area contributed by atoms with E-state index < -0.39 is 0 Å². The fourth-order valence-electron chi connectivity index (χ4n) is 1.73. The second kappa shape index (κ2) is 3.82. The van der Waals surface area contributed by atoms with Crippen LogP contribution < -0.4 is 5.73 Å². The SMILES string of the molecule is Nc1nc(Cc2ccncc2)c2nc[nH]c2n1. The van der Waals surface area contributed by atoms with Gasteiger partial charge in [-0.2, -0.15) is 4.98 Å². The van der Waals surface area contributed by atoms with Gasteiger partial charge in [0, 0.05) is 18.8 Å². The van der Waals surface area contributed by atoms with Gasteiger partial charge in [-0.1, -0.05) is 0 Å². The van der Waals surface area contributed by atoms with Crippen molar-refractivity contribution in [3.05, 3.63) is 42.1 Å². The standard InChI is InChI=1S/C11H10N6/c12-11-16-8(5-7-1-3-13-4-2-7)9-10(17-11)15-6-14-9/h1-4,6H,5H2,(H3,12,14,15,16,17). The van der Waals surface area contributed by atoms with Crippen LogP contribution in [0.5, 0.6) is 0 Å². The molecule has 3 N–H and O–H groups in total. The number of aromatic amines is 1. The van der Waals surface area contributed by atoms with Gasteiger partial charge in [0.05, 0.1) is 12.0 Å². The highest BCUT2D eigenvalue weighted by Gasteiger charge is 2.09. The number of rotatable bonds is 2. The number of pyridine rings is 1. The van der Waals surface area contributed by atoms with Gasteiger partial charge in [0.25, 0.3) is 0 Å². The molecule has 0 aliphatic carbocycles. The fourth-order valence-corrected chi connectivity index (χ4v) is 1.73. The Balaban J connectivity index is 2.08. The van der Waals surface area contributed by atoms with Gasteiger partial charge in [0.1, 0.15) is 5.52 Å². The van der Waals surface area contributed by atoms with E-state index in [2.05, 4.69) is 24.9 Å². The predicted octanol–water partition coefficient (Wildman–Crippen LogP) is 0.921. The summed E-state index contributed by atoms with van der Waals surface area (Å²) in [5, 5.41) is 0. The van der Waals surface area contributed by atoms with Crippen molar-refractivity contribution in [1.29, 1.82) is 0 Å². The quantitative estimate of drug-likeness (QED) is 0.677. The molecule has 3 aromatic heterocycles. The molecule has 84 valence electrons. The summed E-state index contributed by atoms with van der Waals surface area (Å²) in [6.45, 7) is 0. The summed E-state index contributed by atoms with van der Waals surface area (Å²) in [4.78, 5) is 19.4. The summed E-state index contributed by atoms with van der Waals surface area (Å²) in [6.07, 6.45) is 5.76. The summed E-state index contributed by atoms with van der Waals surface area (Å²) < 4.78 is 0. The molecule has 0 fully saturated rings. The van der Waals surface area contributed by atoms with E-state index in [0.717, 1.165) is 16.8 Å². The number of imidazole rings is 1. The highest BCUT2D eigenvalue weighted by atomic mass is 15.1. The molecule has 0 spiro atoms. The Morgan fingerprint density at radius 2 is 2.00 bits per heavy atom. The first-order valence-corrected chi connectivity index (χ1v) is 5.17. The Bertz CT molecular complexity index is 645. The van der Waals surface area contributed by atoms with Crippen LogP contribution in [0.1, 0.15) is 11.3 Å². The number of nitrogen functional groups attached to an aromatic ring is 1. The maximum absolute atomic E-state index is 5.66. The topological polar surface area (TPSA) is 93.4 Å². The highest BCUT2D eigenvalue weighted by Crippen LogP contribution is 2.15. The zero-order valence-electron chi connectivity index (χ0n) is 8.96. The molecule has 3 heterocycles. The van der Waals surface area contributed by atoms with Crippen LogP contribution in [0.3, 0.4) is 0 Å². The van der Waals surface area contributed by atoms with Gasteiger partial charge in [-0.25, -0.2) is 9.97 Å². The molecular formula is C11H10N6. The van der Waals surface area contributed by atoms with Gasteiger partial charge in [-0.05, 0) is 17.7 Å². The molecule has 3 rings (SSSR count). The Hall–Kier alpha value is -2.50. The van der Waals surface area contributed by atoms with E-state index in [9.17, 15) is 0 Å². The van der Waals surface area contributed by atoms with E-state index in [1.165, 1.54) is 0 Å². The van der Waals surface area contributed by atoms with Gasteiger partial charge < -0.3 is 10.7 Å². The lowest BCUT2D eigenvalue weighted by atomic mass is 10.1. The number of H-pyrrole nitrogens is 1. The minimum absolute atomic E-state index is 0.255. The van der Waals surface area contributed by atoms with Crippen LogP contribution in [-0.4, -0.2) is 24.9 Å². The largest absolute Gasteiger partial charge is 0.368 e. The van der Waals surface area contributed by atoms with E-state index in [1.807, 2.05) is 12.1 Å². The molecule has 0 aliphatic rings. The number of nitrogens with two attached hydrogens (primary N) is 1. The molecule has 0 atom stereocenters. The molecule has 0 amide bonds. The van der Waals surface area contributed by atoms with Crippen LogP contribution in [0.4, 0.5) is 5.95 Å². The molecule has 0 radical (unpaired) electrons. The van der Waals surface area contributed by atoms with Crippen LogP contribution in [0.25, 0.3) is 11.2 Å². The van der Waals surface area contributed by atoms with E-state index in [4.69, 9.17) is 5.73 Å². The van der Waals surface area contributed by atoms with Crippen molar-refractivity contribution in [1.82, 2.24) is 24.9 Å². The molecule has 3 aromatic rings. The van der Waals surface area contributed by atoms with Crippen LogP contribution >= 0.6 is 0 Å². The van der Waals surface area contributed by atoms with Crippen LogP contribution in [0.2, 0.25) is 0 Å². The zero-order valence-corrected chi connectivity index (χ0v) is 8.96. The lowest BCUT2D eigenvalue weighted by molar-refractivity contribution is 1.06. The molecule has 0 saturated heterocycles. The van der Waals surface area contributed by atoms with Crippen molar-refractivity contribution in [3.8, 4) is 0 Å². The van der Waals surface area contributed by atoms with Crippen molar-refractivity contribution in [2.24, 2.45) is 0 Å². The highest BCUT2D eigenvalue weighted by molar-refractivity contribution is 5.74. The van der Waals surface area contributed by atoms with Crippen LogP contribution in [0, 0.1) is 0 Å². The van der Waals surface area contributed by atoms with E-state index in [0.29, 0.717) is 12.1 Å². The van der Waals surface area contributed by atoms with Crippen molar-refractivity contribution >= 4 is 17.1 Å². The van der Waals surface area contributed by atoms with Crippen LogP contribution in [0.15, 0.2) is 30.9 Å². The van der Waals surface area contributed by atoms with Gasteiger partial charge >= 0.3 is 0 Å². The minimum Gasteiger partial charge on any atom is -0.368 e. The third-order valence-corrected chi connectivity index (χ3v) is 2.49. The van der Waals surface area contributed by atoms with Crippen molar-refractivity contribution < 1.29 is 0 Å². The number of fused-ring (bicyclic) bond motifs is 1. The first-order chi connectivity index (χ1) is 8.33. The van der Waals surface area contributed by atoms with Gasteiger partial charge in [-0.15, -0.1) is 0 Å². The average molecular weight is 226 g/mol. The third kappa shape index (κ3) is 1.80. The predicted molar refractivity (Wildman–Crippen MR) is 63.1 cm³/mol. The maximum Gasteiger partial charge on any atom is 0.222 e. The third-order valence-electron chi connectivity index (χ3n) is 2.49. The Morgan fingerprint density at radius 3 is 2.82 bits per heavy atom. The molecule has 0 saturated carbocycles. The van der Waals surface area contributed by atoms with Gasteiger partial charge in [0.15, 0.2) is 5.65 Å². The van der Waals surface area contributed by atoms with Crippen molar-refractivity contribution in [2.75, 3.05) is 5.73 Å². The van der Waals surface area contributed by atoms with E-state index >= 15 is 0 Å². The Kier molecular flexibility index (Phi) is 2.18. The smallest absolute Gasteiger partial charge is 0.222 e. The molecule has 6 heteroatoms. The molecule has 0 unspecified atom stereocenters. The number of aromatic nitrogens is 5. The fraction of sp³-hybridized carbons (Fsp3) is 0.0909. The Labute approximate surface area is 97.0 Å². The maximum atomic E-state index is 5.66.